The zero-order valence-electron chi connectivity index (χ0n) is 25.6. The highest BCUT2D eigenvalue weighted by atomic mass is 16.5. The van der Waals surface area contributed by atoms with E-state index in [1.807, 2.05) is 78.9 Å². The number of benzene rings is 5. The molecular formula is C40H38N2O4. The van der Waals surface area contributed by atoms with Gasteiger partial charge >= 0.3 is 12.1 Å². The number of carbonyl (C=O) groups is 2. The van der Waals surface area contributed by atoms with Crippen molar-refractivity contribution in [1.82, 2.24) is 10.6 Å². The molecule has 5 aromatic carbocycles. The van der Waals surface area contributed by atoms with Gasteiger partial charge in [-0.2, -0.15) is 0 Å². The molecule has 0 saturated carbocycles. The van der Waals surface area contributed by atoms with Gasteiger partial charge < -0.3 is 15.2 Å². The summed E-state index contributed by atoms with van der Waals surface area (Å²) in [5.41, 5.74) is 7.26. The van der Waals surface area contributed by atoms with Crippen molar-refractivity contribution in [2.45, 2.75) is 36.8 Å². The number of hydrogen-bond donors (Lipinski definition) is 3. The van der Waals surface area contributed by atoms with Gasteiger partial charge in [-0.1, -0.05) is 140 Å². The van der Waals surface area contributed by atoms with Gasteiger partial charge in [0.25, 0.3) is 0 Å². The first kappa shape index (κ1) is 30.8. The maximum absolute atomic E-state index is 12.8. The van der Waals surface area contributed by atoms with Gasteiger partial charge in [0.1, 0.15) is 12.6 Å². The van der Waals surface area contributed by atoms with Crippen molar-refractivity contribution in [3.05, 3.63) is 167 Å². The van der Waals surface area contributed by atoms with Crippen LogP contribution in [0.5, 0.6) is 0 Å². The summed E-state index contributed by atoms with van der Waals surface area (Å²) in [7, 11) is 0. The van der Waals surface area contributed by atoms with Crippen LogP contribution < -0.4 is 10.6 Å². The lowest BCUT2D eigenvalue weighted by molar-refractivity contribution is -0.139. The average molecular weight is 611 g/mol. The quantitative estimate of drug-likeness (QED) is 0.0938. The Morgan fingerprint density at radius 1 is 0.652 bits per heavy atom. The summed E-state index contributed by atoms with van der Waals surface area (Å²) in [4.78, 5) is 24.9. The second kappa shape index (κ2) is 14.3. The fourth-order valence-electron chi connectivity index (χ4n) is 6.66. The number of carbonyl (C=O) groups excluding carboxylic acids is 1. The summed E-state index contributed by atoms with van der Waals surface area (Å²) in [6.45, 7) is 0.770. The van der Waals surface area contributed by atoms with E-state index in [2.05, 4.69) is 71.3 Å². The largest absolute Gasteiger partial charge is 0.480 e. The molecular weight excluding hydrogens is 572 g/mol. The Balaban J connectivity index is 1.08. The fraction of sp³-hybridized carbons (Fsp3) is 0.200. The minimum absolute atomic E-state index is 0.0911. The Labute approximate surface area is 270 Å². The second-order valence-corrected chi connectivity index (χ2v) is 11.6. The fourth-order valence-corrected chi connectivity index (χ4v) is 6.66. The lowest BCUT2D eigenvalue weighted by atomic mass is 9.77. The number of carboxylic acids is 1. The molecule has 0 spiro atoms. The molecule has 0 saturated heterocycles. The van der Waals surface area contributed by atoms with E-state index in [0.717, 1.165) is 38.9 Å². The van der Waals surface area contributed by atoms with Crippen LogP contribution in [0.25, 0.3) is 11.1 Å². The van der Waals surface area contributed by atoms with Crippen LogP contribution in [-0.4, -0.2) is 36.4 Å². The molecule has 46 heavy (non-hydrogen) atoms. The third-order valence-electron chi connectivity index (χ3n) is 8.86. The molecule has 1 atom stereocenters. The highest BCUT2D eigenvalue weighted by Crippen LogP contribution is 2.44. The van der Waals surface area contributed by atoms with Gasteiger partial charge in [0.15, 0.2) is 0 Å². The molecule has 1 aliphatic rings. The van der Waals surface area contributed by atoms with E-state index >= 15 is 0 Å². The zero-order valence-corrected chi connectivity index (χ0v) is 25.6. The van der Waals surface area contributed by atoms with Crippen LogP contribution in [0.2, 0.25) is 0 Å². The minimum Gasteiger partial charge on any atom is -0.480 e. The third kappa shape index (κ3) is 6.44. The molecule has 0 heterocycles. The average Bonchev–Trinajstić information content (AvgIpc) is 3.43. The molecule has 5 aromatic rings. The highest BCUT2D eigenvalue weighted by molar-refractivity contribution is 5.81. The van der Waals surface area contributed by atoms with Gasteiger partial charge in [-0.25, -0.2) is 9.59 Å². The van der Waals surface area contributed by atoms with Crippen molar-refractivity contribution in [3.63, 3.8) is 0 Å². The van der Waals surface area contributed by atoms with Crippen LogP contribution in [0, 0.1) is 0 Å². The van der Waals surface area contributed by atoms with E-state index < -0.39 is 23.6 Å². The summed E-state index contributed by atoms with van der Waals surface area (Å²) < 4.78 is 5.61. The van der Waals surface area contributed by atoms with E-state index in [4.69, 9.17) is 4.74 Å². The van der Waals surface area contributed by atoms with Crippen LogP contribution in [0.4, 0.5) is 4.79 Å². The monoisotopic (exact) mass is 610 g/mol. The van der Waals surface area contributed by atoms with Crippen molar-refractivity contribution < 1.29 is 19.4 Å². The van der Waals surface area contributed by atoms with Crippen molar-refractivity contribution in [1.29, 1.82) is 0 Å². The number of ether oxygens (including phenoxy) is 1. The van der Waals surface area contributed by atoms with Crippen molar-refractivity contribution in [2.75, 3.05) is 13.2 Å². The van der Waals surface area contributed by atoms with Crippen molar-refractivity contribution >= 4 is 12.1 Å². The SMILES string of the molecule is O=C(N[C@H](CCCCNC(c1ccccc1)(c1ccccc1)c1ccccc1)C(=O)O)OCC1c2ccccc2-c2ccccc21. The van der Waals surface area contributed by atoms with E-state index in [-0.39, 0.29) is 18.9 Å². The van der Waals surface area contributed by atoms with Crippen LogP contribution in [0.15, 0.2) is 140 Å². The molecule has 0 aliphatic heterocycles. The molecule has 6 heteroatoms. The third-order valence-corrected chi connectivity index (χ3v) is 8.86. The normalized spacial score (nSPS) is 13.0. The first-order chi connectivity index (χ1) is 22.6. The first-order valence-electron chi connectivity index (χ1n) is 15.8. The van der Waals surface area contributed by atoms with Crippen LogP contribution in [-0.2, 0) is 15.1 Å². The van der Waals surface area contributed by atoms with Gasteiger partial charge in [-0.3, -0.25) is 5.32 Å². The maximum atomic E-state index is 12.8. The molecule has 0 unspecified atom stereocenters. The molecule has 1 aliphatic carbocycles. The highest BCUT2D eigenvalue weighted by Gasteiger charge is 2.35. The Hall–Kier alpha value is -5.20. The number of amides is 1. The molecule has 0 fully saturated rings. The smallest absolute Gasteiger partial charge is 0.407 e. The van der Waals surface area contributed by atoms with Gasteiger partial charge in [-0.05, 0) is 64.8 Å². The summed E-state index contributed by atoms with van der Waals surface area (Å²) in [5, 5.41) is 16.3. The molecule has 1 amide bonds. The number of fused-ring (bicyclic) bond motifs is 3. The molecule has 0 bridgehead atoms. The summed E-state index contributed by atoms with van der Waals surface area (Å²) in [5.74, 6) is -1.17. The minimum atomic E-state index is -1.08. The van der Waals surface area contributed by atoms with E-state index in [9.17, 15) is 14.7 Å². The van der Waals surface area contributed by atoms with Gasteiger partial charge in [0, 0.05) is 5.92 Å². The lowest BCUT2D eigenvalue weighted by Crippen LogP contribution is -2.45. The zero-order chi connectivity index (χ0) is 31.8. The molecule has 232 valence electrons. The number of unbranched alkanes of at least 4 members (excludes halogenated alkanes) is 1. The van der Waals surface area contributed by atoms with E-state index in [1.54, 1.807) is 0 Å². The van der Waals surface area contributed by atoms with Crippen LogP contribution in [0.3, 0.4) is 0 Å². The van der Waals surface area contributed by atoms with E-state index in [0.29, 0.717) is 19.4 Å². The summed E-state index contributed by atoms with van der Waals surface area (Å²) >= 11 is 0. The molecule has 0 radical (unpaired) electrons. The molecule has 6 rings (SSSR count). The number of nitrogens with one attached hydrogen (secondary N) is 2. The maximum Gasteiger partial charge on any atom is 0.407 e. The Kier molecular flexibility index (Phi) is 9.56. The van der Waals surface area contributed by atoms with Crippen molar-refractivity contribution in [3.8, 4) is 11.1 Å². The summed E-state index contributed by atoms with van der Waals surface area (Å²) in [6.07, 6.45) is 0.881. The standard InChI is InChI=1S/C40H38N2O4/c43-38(44)37(42-39(45)46-28-36-34-24-12-10-22-32(34)33-23-11-13-25-35(33)36)26-14-15-27-41-40(29-16-4-1-5-17-29,30-18-6-2-7-19-30)31-20-8-3-9-21-31/h1-13,16-25,36-37,41H,14-15,26-28H2,(H,42,45)(H,43,44)/t37-/m1/s1. The predicted octanol–water partition coefficient (Wildman–Crippen LogP) is 7.73. The number of rotatable bonds is 13. The number of aliphatic carboxylic acids is 1. The Bertz CT molecular complexity index is 1620. The van der Waals surface area contributed by atoms with Crippen LogP contribution >= 0.6 is 0 Å². The molecule has 6 nitrogen and oxygen atoms in total. The number of carboxylic acid groups (broad SMARTS) is 1. The molecule has 0 aromatic heterocycles. The molecule has 3 N–H and O–H groups in total. The lowest BCUT2D eigenvalue weighted by Gasteiger charge is -2.37. The Morgan fingerprint density at radius 2 is 1.11 bits per heavy atom. The van der Waals surface area contributed by atoms with Gasteiger partial charge in [0.2, 0.25) is 0 Å². The van der Waals surface area contributed by atoms with Crippen LogP contribution in [0.1, 0.15) is 53.0 Å². The number of hydrogen-bond acceptors (Lipinski definition) is 4. The topological polar surface area (TPSA) is 87.7 Å². The van der Waals surface area contributed by atoms with Crippen molar-refractivity contribution in [2.24, 2.45) is 0 Å². The van der Waals surface area contributed by atoms with Gasteiger partial charge in [-0.15, -0.1) is 0 Å². The number of alkyl carbamates (subject to hydrolysis) is 1. The Morgan fingerprint density at radius 3 is 1.59 bits per heavy atom. The van der Waals surface area contributed by atoms with E-state index in [1.165, 1.54) is 0 Å². The first-order valence-corrected chi connectivity index (χ1v) is 15.8. The van der Waals surface area contributed by atoms with Gasteiger partial charge in [0.05, 0.1) is 5.54 Å². The predicted molar refractivity (Wildman–Crippen MR) is 181 cm³/mol. The summed E-state index contributed by atoms with van der Waals surface area (Å²) in [6, 6.07) is 46.3. The second-order valence-electron chi connectivity index (χ2n) is 11.6.